The fraction of sp³-hybridized carbons (Fsp3) is 0.241. The van der Waals surface area contributed by atoms with E-state index in [9.17, 15) is 9.90 Å². The van der Waals surface area contributed by atoms with E-state index in [0.29, 0.717) is 17.7 Å². The molecule has 1 aliphatic heterocycles. The lowest BCUT2D eigenvalue weighted by Gasteiger charge is -2.26. The average Bonchev–Trinajstić information content (AvgIpc) is 3.22. The van der Waals surface area contributed by atoms with E-state index in [1.54, 1.807) is 0 Å². The monoisotopic (exact) mass is 561 g/mol. The number of H-pyrrole nitrogens is 1. The molecular weight excluding hydrogens is 534 g/mol. The number of rotatable bonds is 8. The number of aliphatic carboxylic acids is 1. The van der Waals surface area contributed by atoms with Crippen molar-refractivity contribution in [3.8, 4) is 5.88 Å². The van der Waals surface area contributed by atoms with Gasteiger partial charge in [0.2, 0.25) is 0 Å². The molecule has 1 aromatic heterocycles. The highest BCUT2D eigenvalue weighted by atomic mass is 79.9. The molecule has 3 aromatic carbocycles. The molecule has 5 rings (SSSR count). The lowest BCUT2D eigenvalue weighted by molar-refractivity contribution is -0.136. The van der Waals surface area contributed by atoms with E-state index in [1.165, 1.54) is 5.56 Å². The third-order valence-electron chi connectivity index (χ3n) is 6.49. The van der Waals surface area contributed by atoms with Gasteiger partial charge in [0.25, 0.3) is 0 Å². The van der Waals surface area contributed by atoms with Crippen LogP contribution in [0.1, 0.15) is 28.7 Å². The molecule has 0 aliphatic carbocycles. The van der Waals surface area contributed by atoms with Gasteiger partial charge in [-0.05, 0) is 47.9 Å². The van der Waals surface area contributed by atoms with Crippen LogP contribution in [0.3, 0.4) is 0 Å². The summed E-state index contributed by atoms with van der Waals surface area (Å²) in [5.74, 6) is -0.803. The molecule has 8 heteroatoms. The number of aryl methyl sites for hydroxylation is 1. The minimum atomic E-state index is -0.837. The maximum absolute atomic E-state index is 11.1. The molecule has 0 amide bonds. The Kier molecular flexibility index (Phi) is 7.69. The van der Waals surface area contributed by atoms with E-state index < -0.39 is 5.97 Å². The van der Waals surface area contributed by atoms with Crippen molar-refractivity contribution in [3.63, 3.8) is 0 Å². The second kappa shape index (κ2) is 11.3. The van der Waals surface area contributed by atoms with E-state index in [0.717, 1.165) is 65.0 Å². The zero-order chi connectivity index (χ0) is 25.8. The van der Waals surface area contributed by atoms with Crippen molar-refractivity contribution < 1.29 is 19.7 Å². The molecule has 3 N–H and O–H groups in total. The zero-order valence-corrected chi connectivity index (χ0v) is 21.9. The maximum Gasteiger partial charge on any atom is 0.303 e. The van der Waals surface area contributed by atoms with E-state index in [2.05, 4.69) is 37.9 Å². The molecule has 0 radical (unpaired) electrons. The summed E-state index contributed by atoms with van der Waals surface area (Å²) >= 11 is 3.49. The summed E-state index contributed by atoms with van der Waals surface area (Å²) in [4.78, 5) is 21.6. The highest BCUT2D eigenvalue weighted by Gasteiger charge is 2.19. The topological polar surface area (TPSA) is 98.2 Å². The van der Waals surface area contributed by atoms with Crippen LogP contribution in [0.25, 0.3) is 10.9 Å². The second-order valence-electron chi connectivity index (χ2n) is 9.15. The Morgan fingerprint density at radius 3 is 2.57 bits per heavy atom. The smallest absolute Gasteiger partial charge is 0.303 e. The number of ether oxygens (including phenoxy) is 1. The SMILES string of the molecule is O=C(O)CCc1cccc(C(=Nc2ccc(CN3CCOCC3)cc2)c2c(O)[nH]c3cc(Br)ccc23)c1. The van der Waals surface area contributed by atoms with Crippen LogP contribution < -0.4 is 0 Å². The number of aromatic nitrogens is 1. The molecule has 0 bridgehead atoms. The molecule has 37 heavy (non-hydrogen) atoms. The van der Waals surface area contributed by atoms with Gasteiger partial charge in [0.15, 0.2) is 5.88 Å². The van der Waals surface area contributed by atoms with Gasteiger partial charge in [0, 0.05) is 41.5 Å². The normalized spacial score (nSPS) is 14.8. The molecule has 4 aromatic rings. The fourth-order valence-corrected chi connectivity index (χ4v) is 4.97. The molecule has 1 aliphatic rings. The number of hydrogen-bond donors (Lipinski definition) is 3. The summed E-state index contributed by atoms with van der Waals surface area (Å²) in [7, 11) is 0. The first-order valence-corrected chi connectivity index (χ1v) is 13.0. The minimum Gasteiger partial charge on any atom is -0.494 e. The molecular formula is C29H28BrN3O4. The van der Waals surface area contributed by atoms with Crippen LogP contribution in [0.2, 0.25) is 0 Å². The number of carboxylic acids is 1. The Bertz CT molecular complexity index is 1440. The lowest BCUT2D eigenvalue weighted by atomic mass is 9.97. The molecule has 1 saturated heterocycles. The third kappa shape index (κ3) is 6.10. The second-order valence-corrected chi connectivity index (χ2v) is 10.1. The van der Waals surface area contributed by atoms with Gasteiger partial charge in [-0.15, -0.1) is 0 Å². The number of carbonyl (C=O) groups is 1. The molecule has 0 spiro atoms. The minimum absolute atomic E-state index is 0.0340. The maximum atomic E-state index is 11.1. The average molecular weight is 562 g/mol. The highest BCUT2D eigenvalue weighted by Crippen LogP contribution is 2.33. The van der Waals surface area contributed by atoms with Crippen LogP contribution in [0.4, 0.5) is 5.69 Å². The van der Waals surface area contributed by atoms with Gasteiger partial charge < -0.3 is 19.9 Å². The van der Waals surface area contributed by atoms with Gasteiger partial charge in [0.1, 0.15) is 0 Å². The Morgan fingerprint density at radius 2 is 1.81 bits per heavy atom. The summed E-state index contributed by atoms with van der Waals surface area (Å²) in [6.45, 7) is 4.25. The van der Waals surface area contributed by atoms with Crippen molar-refractivity contribution in [2.24, 2.45) is 4.99 Å². The number of morpholine rings is 1. The number of benzene rings is 3. The van der Waals surface area contributed by atoms with E-state index in [4.69, 9.17) is 14.8 Å². The number of nitrogens with one attached hydrogen (secondary N) is 1. The van der Waals surface area contributed by atoms with E-state index >= 15 is 0 Å². The fourth-order valence-electron chi connectivity index (χ4n) is 4.61. The van der Waals surface area contributed by atoms with Gasteiger partial charge >= 0.3 is 5.97 Å². The summed E-state index contributed by atoms with van der Waals surface area (Å²) in [5, 5.41) is 20.9. The van der Waals surface area contributed by atoms with Crippen molar-refractivity contribution in [3.05, 3.63) is 93.5 Å². The number of nitrogens with zero attached hydrogens (tertiary/aromatic N) is 2. The number of hydrogen-bond acceptors (Lipinski definition) is 5. The summed E-state index contributed by atoms with van der Waals surface area (Å²) in [6, 6.07) is 21.6. The van der Waals surface area contributed by atoms with Crippen molar-refractivity contribution in [1.82, 2.24) is 9.88 Å². The van der Waals surface area contributed by atoms with E-state index in [1.807, 2.05) is 54.6 Å². The standard InChI is InChI=1S/C29H28BrN3O4/c30-22-7-10-24-25(17-22)32-29(36)27(24)28(21-3-1-2-19(16-21)6-11-26(34)35)31-23-8-4-20(5-9-23)18-33-12-14-37-15-13-33/h1-5,7-10,16-17,32,36H,6,11-15,18H2,(H,34,35). The first kappa shape index (κ1) is 25.2. The molecule has 2 heterocycles. The highest BCUT2D eigenvalue weighted by molar-refractivity contribution is 9.10. The van der Waals surface area contributed by atoms with Crippen molar-refractivity contribution in [2.45, 2.75) is 19.4 Å². The molecule has 7 nitrogen and oxygen atoms in total. The third-order valence-corrected chi connectivity index (χ3v) is 6.99. The largest absolute Gasteiger partial charge is 0.494 e. The van der Waals surface area contributed by atoms with Crippen LogP contribution in [0.15, 0.2) is 76.2 Å². The van der Waals surface area contributed by atoms with Gasteiger partial charge in [-0.2, -0.15) is 0 Å². The zero-order valence-electron chi connectivity index (χ0n) is 20.3. The number of aliphatic imine (C=N–C) groups is 1. The number of fused-ring (bicyclic) bond motifs is 1. The van der Waals surface area contributed by atoms with Crippen LogP contribution in [-0.4, -0.2) is 58.1 Å². The number of halogens is 1. The molecule has 0 atom stereocenters. The molecule has 190 valence electrons. The van der Waals surface area contributed by atoms with Gasteiger partial charge in [-0.1, -0.05) is 52.3 Å². The summed E-state index contributed by atoms with van der Waals surface area (Å²) in [5.41, 5.74) is 5.69. The van der Waals surface area contributed by atoms with Crippen LogP contribution in [-0.2, 0) is 22.5 Å². The van der Waals surface area contributed by atoms with Gasteiger partial charge in [-0.25, -0.2) is 4.99 Å². The predicted molar refractivity (Wildman–Crippen MR) is 148 cm³/mol. The van der Waals surface area contributed by atoms with Crippen LogP contribution in [0, 0.1) is 0 Å². The Hall–Kier alpha value is -3.46. The molecule has 0 saturated carbocycles. The van der Waals surface area contributed by atoms with E-state index in [-0.39, 0.29) is 12.3 Å². The first-order chi connectivity index (χ1) is 18.0. The van der Waals surface area contributed by atoms with Gasteiger partial charge in [0.05, 0.1) is 35.7 Å². The van der Waals surface area contributed by atoms with Crippen LogP contribution >= 0.6 is 15.9 Å². The van der Waals surface area contributed by atoms with Gasteiger partial charge in [-0.3, -0.25) is 9.69 Å². The Balaban J connectivity index is 1.54. The predicted octanol–water partition coefficient (Wildman–Crippen LogP) is 5.65. The first-order valence-electron chi connectivity index (χ1n) is 12.3. The lowest BCUT2D eigenvalue weighted by Crippen LogP contribution is -2.35. The molecule has 1 fully saturated rings. The summed E-state index contributed by atoms with van der Waals surface area (Å²) < 4.78 is 6.35. The quantitative estimate of drug-likeness (QED) is 0.241. The van der Waals surface area contributed by atoms with Crippen LogP contribution in [0.5, 0.6) is 5.88 Å². The van der Waals surface area contributed by atoms with Crippen molar-refractivity contribution >= 4 is 44.2 Å². The Morgan fingerprint density at radius 1 is 1.03 bits per heavy atom. The van der Waals surface area contributed by atoms with Crippen molar-refractivity contribution in [2.75, 3.05) is 26.3 Å². The molecule has 0 unspecified atom stereocenters. The Labute approximate surface area is 223 Å². The summed E-state index contributed by atoms with van der Waals surface area (Å²) in [6.07, 6.45) is 0.465. The number of carboxylic acid groups (broad SMARTS) is 1. The number of aromatic hydroxyl groups is 1. The number of aromatic amines is 1. The van der Waals surface area contributed by atoms with Crippen molar-refractivity contribution in [1.29, 1.82) is 0 Å².